The Morgan fingerprint density at radius 2 is 1.83 bits per heavy atom. The van der Waals surface area contributed by atoms with E-state index in [1.165, 1.54) is 12.1 Å². The summed E-state index contributed by atoms with van der Waals surface area (Å²) < 4.78 is 47.9. The van der Waals surface area contributed by atoms with Crippen LogP contribution in [0.3, 0.4) is 0 Å². The molecule has 0 aliphatic carbocycles. The molecule has 0 heterocycles. The van der Waals surface area contributed by atoms with E-state index >= 15 is 0 Å². The van der Waals surface area contributed by atoms with E-state index in [2.05, 4.69) is 5.32 Å². The first-order valence-corrected chi connectivity index (χ1v) is 7.25. The maximum absolute atomic E-state index is 12.3. The zero-order chi connectivity index (χ0) is 13.8. The van der Waals surface area contributed by atoms with Crippen molar-refractivity contribution < 1.29 is 17.4 Å². The van der Waals surface area contributed by atoms with E-state index < -0.39 is 22.5 Å². The first-order chi connectivity index (χ1) is 8.29. The van der Waals surface area contributed by atoms with E-state index in [0.717, 1.165) is 12.1 Å². The Morgan fingerprint density at radius 1 is 1.28 bits per heavy atom. The molecule has 6 heteroatoms. The molecule has 1 aromatic carbocycles. The standard InChI is InChI=1S/C12H16F3NOS/c1-9(7-8-18(2)17)16-11-5-3-10(4-6-11)12(13,14)15/h3-6,9,16H,7-8H2,1-2H3. The number of hydrogen-bond donors (Lipinski definition) is 1. The average Bonchev–Trinajstić information content (AvgIpc) is 2.26. The quantitative estimate of drug-likeness (QED) is 0.896. The van der Waals surface area contributed by atoms with Gasteiger partial charge in [0.15, 0.2) is 0 Å². The van der Waals surface area contributed by atoms with Gasteiger partial charge in [0.1, 0.15) is 0 Å². The van der Waals surface area contributed by atoms with Gasteiger partial charge in [-0.3, -0.25) is 4.21 Å². The first kappa shape index (κ1) is 15.0. The third-order valence-corrected chi connectivity index (χ3v) is 3.27. The molecule has 2 atom stereocenters. The van der Waals surface area contributed by atoms with E-state index in [9.17, 15) is 17.4 Å². The predicted molar refractivity (Wildman–Crippen MR) is 68.1 cm³/mol. The monoisotopic (exact) mass is 279 g/mol. The van der Waals surface area contributed by atoms with Crippen LogP contribution in [-0.4, -0.2) is 22.3 Å². The molecule has 0 saturated heterocycles. The highest BCUT2D eigenvalue weighted by atomic mass is 32.2. The number of benzene rings is 1. The summed E-state index contributed by atoms with van der Waals surface area (Å²) in [5.74, 6) is 0.578. The molecule has 1 N–H and O–H groups in total. The molecule has 0 spiro atoms. The summed E-state index contributed by atoms with van der Waals surface area (Å²) in [4.78, 5) is 0. The van der Waals surface area contributed by atoms with Crippen molar-refractivity contribution in [2.75, 3.05) is 17.3 Å². The molecule has 2 unspecified atom stereocenters. The largest absolute Gasteiger partial charge is 0.416 e. The van der Waals surface area contributed by atoms with Gasteiger partial charge in [-0.2, -0.15) is 13.2 Å². The van der Waals surface area contributed by atoms with Crippen molar-refractivity contribution in [1.82, 2.24) is 0 Å². The van der Waals surface area contributed by atoms with E-state index in [4.69, 9.17) is 0 Å². The normalized spacial score (nSPS) is 15.2. The van der Waals surface area contributed by atoms with Crippen LogP contribution >= 0.6 is 0 Å². The fraction of sp³-hybridized carbons (Fsp3) is 0.500. The Kier molecular flexibility index (Phi) is 5.19. The molecule has 102 valence electrons. The zero-order valence-corrected chi connectivity index (χ0v) is 11.1. The molecule has 1 rings (SSSR count). The molecule has 0 fully saturated rings. The highest BCUT2D eigenvalue weighted by Crippen LogP contribution is 2.29. The molecule has 0 aliphatic heterocycles. The average molecular weight is 279 g/mol. The van der Waals surface area contributed by atoms with E-state index in [-0.39, 0.29) is 6.04 Å². The van der Waals surface area contributed by atoms with Crippen LogP contribution in [0.5, 0.6) is 0 Å². The lowest BCUT2D eigenvalue weighted by molar-refractivity contribution is -0.137. The Bertz CT molecular complexity index is 403. The molecule has 18 heavy (non-hydrogen) atoms. The van der Waals surface area contributed by atoms with Gasteiger partial charge in [-0.15, -0.1) is 0 Å². The molecule has 0 saturated carbocycles. The van der Waals surface area contributed by atoms with Crippen molar-refractivity contribution in [2.45, 2.75) is 25.6 Å². The Morgan fingerprint density at radius 3 is 2.28 bits per heavy atom. The lowest BCUT2D eigenvalue weighted by atomic mass is 10.2. The number of anilines is 1. The van der Waals surface area contributed by atoms with Gasteiger partial charge in [0.2, 0.25) is 0 Å². The van der Waals surface area contributed by atoms with Crippen LogP contribution in [0.15, 0.2) is 24.3 Å². The number of rotatable bonds is 5. The highest BCUT2D eigenvalue weighted by Gasteiger charge is 2.29. The summed E-state index contributed by atoms with van der Waals surface area (Å²) in [5.41, 5.74) is -0.0206. The van der Waals surface area contributed by atoms with Crippen LogP contribution in [-0.2, 0) is 17.0 Å². The minimum atomic E-state index is -4.30. The second-order valence-electron chi connectivity index (χ2n) is 4.19. The Labute approximate surface area is 107 Å². The first-order valence-electron chi connectivity index (χ1n) is 5.53. The van der Waals surface area contributed by atoms with Gasteiger partial charge in [-0.05, 0) is 37.6 Å². The minimum absolute atomic E-state index is 0.0747. The SMILES string of the molecule is CC(CCS(C)=O)Nc1ccc(C(F)(F)F)cc1. The molecule has 1 aromatic rings. The second-order valence-corrected chi connectivity index (χ2v) is 5.74. The smallest absolute Gasteiger partial charge is 0.383 e. The predicted octanol–water partition coefficient (Wildman–Crippen LogP) is 3.27. The minimum Gasteiger partial charge on any atom is -0.383 e. The maximum Gasteiger partial charge on any atom is 0.416 e. The number of alkyl halides is 3. The van der Waals surface area contributed by atoms with Crippen LogP contribution in [0.2, 0.25) is 0 Å². The zero-order valence-electron chi connectivity index (χ0n) is 10.3. The summed E-state index contributed by atoms with van der Waals surface area (Å²) in [5, 5.41) is 3.07. The molecule has 0 amide bonds. The van der Waals surface area contributed by atoms with Crippen molar-refractivity contribution in [3.05, 3.63) is 29.8 Å². The third-order valence-electron chi connectivity index (χ3n) is 2.46. The summed E-state index contributed by atoms with van der Waals surface area (Å²) in [6.45, 7) is 1.91. The van der Waals surface area contributed by atoms with Crippen LogP contribution in [0, 0.1) is 0 Å². The van der Waals surface area contributed by atoms with E-state index in [1.807, 2.05) is 6.92 Å². The maximum atomic E-state index is 12.3. The third kappa shape index (κ3) is 5.08. The molecular formula is C12H16F3NOS. The lowest BCUT2D eigenvalue weighted by Gasteiger charge is -2.15. The topological polar surface area (TPSA) is 29.1 Å². The Balaban J connectivity index is 2.56. The summed E-state index contributed by atoms with van der Waals surface area (Å²) in [6, 6.07) is 4.98. The molecule has 0 aliphatic rings. The number of hydrogen-bond acceptors (Lipinski definition) is 2. The van der Waals surface area contributed by atoms with Crippen LogP contribution in [0.1, 0.15) is 18.9 Å². The summed E-state index contributed by atoms with van der Waals surface area (Å²) in [6.07, 6.45) is -1.96. The summed E-state index contributed by atoms with van der Waals surface area (Å²) >= 11 is 0. The van der Waals surface area contributed by atoms with Gasteiger partial charge in [-0.1, -0.05) is 0 Å². The van der Waals surface area contributed by atoms with Gasteiger partial charge in [0, 0.05) is 34.5 Å². The van der Waals surface area contributed by atoms with Crippen molar-refractivity contribution >= 4 is 16.5 Å². The number of nitrogens with one attached hydrogen (secondary N) is 1. The van der Waals surface area contributed by atoms with E-state index in [1.54, 1.807) is 6.26 Å². The van der Waals surface area contributed by atoms with Crippen molar-refractivity contribution in [3.63, 3.8) is 0 Å². The highest BCUT2D eigenvalue weighted by molar-refractivity contribution is 7.84. The van der Waals surface area contributed by atoms with Crippen LogP contribution < -0.4 is 5.32 Å². The molecule has 0 radical (unpaired) electrons. The van der Waals surface area contributed by atoms with Crippen LogP contribution in [0.25, 0.3) is 0 Å². The van der Waals surface area contributed by atoms with Crippen molar-refractivity contribution in [3.8, 4) is 0 Å². The second kappa shape index (κ2) is 6.22. The number of halogens is 3. The van der Waals surface area contributed by atoms with Gasteiger partial charge in [0.05, 0.1) is 5.56 Å². The molecule has 0 aromatic heterocycles. The molecule has 2 nitrogen and oxygen atoms in total. The van der Waals surface area contributed by atoms with Gasteiger partial charge < -0.3 is 5.32 Å². The van der Waals surface area contributed by atoms with Gasteiger partial charge in [0.25, 0.3) is 0 Å². The van der Waals surface area contributed by atoms with Crippen molar-refractivity contribution in [1.29, 1.82) is 0 Å². The van der Waals surface area contributed by atoms with Crippen molar-refractivity contribution in [2.24, 2.45) is 0 Å². The molecule has 0 bridgehead atoms. The lowest BCUT2D eigenvalue weighted by Crippen LogP contribution is -2.18. The van der Waals surface area contributed by atoms with Gasteiger partial charge in [-0.25, -0.2) is 0 Å². The fourth-order valence-electron chi connectivity index (χ4n) is 1.45. The summed E-state index contributed by atoms with van der Waals surface area (Å²) in [7, 11) is -0.848. The molecular weight excluding hydrogens is 263 g/mol. The van der Waals surface area contributed by atoms with E-state index in [0.29, 0.717) is 17.9 Å². The van der Waals surface area contributed by atoms with Crippen LogP contribution in [0.4, 0.5) is 18.9 Å². The fourth-order valence-corrected chi connectivity index (χ4v) is 2.14. The Hall–Kier alpha value is -1.04. The van der Waals surface area contributed by atoms with Gasteiger partial charge >= 0.3 is 6.18 Å².